The van der Waals surface area contributed by atoms with Crippen molar-refractivity contribution >= 4 is 16.6 Å². The van der Waals surface area contributed by atoms with Gasteiger partial charge in [0.1, 0.15) is 0 Å². The Labute approximate surface area is 85.9 Å². The van der Waals surface area contributed by atoms with Crippen molar-refractivity contribution in [2.75, 3.05) is 0 Å². The van der Waals surface area contributed by atoms with Crippen LogP contribution in [0.25, 0.3) is 0 Å². The number of halogens is 3. The van der Waals surface area contributed by atoms with Gasteiger partial charge in [0.05, 0.1) is 0 Å². The van der Waals surface area contributed by atoms with Crippen LogP contribution < -0.4 is 0 Å². The fraction of sp³-hybridized carbons (Fsp3) is 1.00. The van der Waals surface area contributed by atoms with Crippen LogP contribution in [0.5, 0.6) is 0 Å². The summed E-state index contributed by atoms with van der Waals surface area (Å²) in [5.74, 6) is 0. The smallest absolute Gasteiger partial charge is 0.388 e. The highest BCUT2D eigenvalue weighted by atomic mass is 28.4. The van der Waals surface area contributed by atoms with Crippen molar-refractivity contribution in [2.24, 2.45) is 0 Å². The first-order valence-electron chi connectivity index (χ1n) is 4.68. The third-order valence-electron chi connectivity index (χ3n) is 1.59. The van der Waals surface area contributed by atoms with Gasteiger partial charge in [-0.1, -0.05) is 0 Å². The highest BCUT2D eigenvalue weighted by molar-refractivity contribution is 6.84. The monoisotopic (exact) mass is 244 g/mol. The molecule has 0 rings (SSSR count). The van der Waals surface area contributed by atoms with Gasteiger partial charge in [0, 0.05) is 6.42 Å². The van der Waals surface area contributed by atoms with Gasteiger partial charge >= 0.3 is 6.18 Å². The van der Waals surface area contributed by atoms with Crippen LogP contribution in [0.3, 0.4) is 0 Å². The van der Waals surface area contributed by atoms with Crippen molar-refractivity contribution < 1.29 is 17.3 Å². The van der Waals surface area contributed by atoms with E-state index < -0.39 is 29.2 Å². The summed E-state index contributed by atoms with van der Waals surface area (Å²) in [5, 5.41) is 0. The highest BCUT2D eigenvalue weighted by Crippen LogP contribution is 2.28. The first-order chi connectivity index (χ1) is 5.91. The maximum atomic E-state index is 12.0. The molecule has 1 nitrogen and oxygen atoms in total. The molecule has 0 N–H and O–H groups in total. The largest absolute Gasteiger partial charge is 0.456 e. The average Bonchev–Trinajstić information content (AvgIpc) is 1.76. The molecule has 0 bridgehead atoms. The Kier molecular flexibility index (Phi) is 4.42. The molecule has 0 unspecified atom stereocenters. The SMILES string of the molecule is C[Si](C)(C)O[Si](C)(C)CCC(F)(F)F. The molecule has 0 aromatic heterocycles. The Hall–Kier alpha value is 0.184. The molecule has 6 heteroatoms. The van der Waals surface area contributed by atoms with Crippen molar-refractivity contribution in [2.45, 2.75) is 51.4 Å². The van der Waals surface area contributed by atoms with E-state index >= 15 is 0 Å². The minimum atomic E-state index is -4.05. The molecule has 86 valence electrons. The maximum Gasteiger partial charge on any atom is 0.388 e. The first kappa shape index (κ1) is 14.2. The predicted molar refractivity (Wildman–Crippen MR) is 57.4 cm³/mol. The maximum absolute atomic E-state index is 12.0. The minimum absolute atomic E-state index is 0.167. The van der Waals surface area contributed by atoms with E-state index in [1.165, 1.54) is 0 Å². The van der Waals surface area contributed by atoms with E-state index in [0.717, 1.165) is 0 Å². The van der Waals surface area contributed by atoms with Crippen LogP contribution in [0.4, 0.5) is 13.2 Å². The van der Waals surface area contributed by atoms with E-state index in [1.807, 2.05) is 32.7 Å². The standard InChI is InChI=1S/C8H19F3OSi2/c1-13(2,3)12-14(4,5)7-6-8(9,10)11/h6-7H2,1-5H3. The number of alkyl halides is 3. The Morgan fingerprint density at radius 2 is 1.43 bits per heavy atom. The van der Waals surface area contributed by atoms with Crippen LogP contribution in [-0.4, -0.2) is 22.8 Å². The molecule has 0 aliphatic carbocycles. The first-order valence-corrected chi connectivity index (χ1v) is 11.2. The van der Waals surface area contributed by atoms with E-state index in [-0.39, 0.29) is 6.04 Å². The summed E-state index contributed by atoms with van der Waals surface area (Å²) in [6.07, 6.45) is -4.76. The quantitative estimate of drug-likeness (QED) is 0.679. The van der Waals surface area contributed by atoms with Gasteiger partial charge in [-0.15, -0.1) is 0 Å². The lowest BCUT2D eigenvalue weighted by Crippen LogP contribution is -2.42. The summed E-state index contributed by atoms with van der Waals surface area (Å²) < 4.78 is 41.8. The lowest BCUT2D eigenvalue weighted by atomic mass is 10.5. The summed E-state index contributed by atoms with van der Waals surface area (Å²) >= 11 is 0. The molecule has 0 heterocycles. The van der Waals surface area contributed by atoms with E-state index in [4.69, 9.17) is 4.12 Å². The van der Waals surface area contributed by atoms with Gasteiger partial charge in [-0.25, -0.2) is 0 Å². The Bertz CT molecular complexity index is 184. The third kappa shape index (κ3) is 8.77. The summed E-state index contributed by atoms with van der Waals surface area (Å²) in [7, 11) is -3.80. The van der Waals surface area contributed by atoms with Gasteiger partial charge in [0.2, 0.25) is 0 Å². The Balaban J connectivity index is 4.09. The van der Waals surface area contributed by atoms with Crippen LogP contribution >= 0.6 is 0 Å². The van der Waals surface area contributed by atoms with Gasteiger partial charge in [-0.2, -0.15) is 13.2 Å². The van der Waals surface area contributed by atoms with Gasteiger partial charge in [-0.3, -0.25) is 0 Å². The van der Waals surface area contributed by atoms with Crippen LogP contribution in [0.15, 0.2) is 0 Å². The lowest BCUT2D eigenvalue weighted by molar-refractivity contribution is -0.131. The van der Waals surface area contributed by atoms with Gasteiger partial charge in [0.25, 0.3) is 0 Å². The van der Waals surface area contributed by atoms with Gasteiger partial charge < -0.3 is 4.12 Å². The second-order valence-corrected chi connectivity index (χ2v) is 14.1. The molecule has 0 spiro atoms. The summed E-state index contributed by atoms with van der Waals surface area (Å²) in [6, 6.07) is 0.167. The second kappa shape index (κ2) is 4.36. The molecule has 0 fully saturated rings. The van der Waals surface area contributed by atoms with E-state index in [1.54, 1.807) is 0 Å². The molecular formula is C8H19F3OSi2. The lowest BCUT2D eigenvalue weighted by Gasteiger charge is -2.31. The van der Waals surface area contributed by atoms with E-state index in [9.17, 15) is 13.2 Å². The molecule has 0 amide bonds. The molecule has 0 radical (unpaired) electrons. The van der Waals surface area contributed by atoms with Crippen LogP contribution in [0, 0.1) is 0 Å². The van der Waals surface area contributed by atoms with E-state index in [0.29, 0.717) is 0 Å². The van der Waals surface area contributed by atoms with Crippen molar-refractivity contribution in [3.8, 4) is 0 Å². The molecule has 14 heavy (non-hydrogen) atoms. The van der Waals surface area contributed by atoms with Crippen molar-refractivity contribution in [1.82, 2.24) is 0 Å². The summed E-state index contributed by atoms with van der Waals surface area (Å²) in [6.45, 7) is 9.74. The van der Waals surface area contributed by atoms with Crippen molar-refractivity contribution in [1.29, 1.82) is 0 Å². The fourth-order valence-electron chi connectivity index (χ4n) is 1.32. The normalized spacial score (nSPS) is 14.6. The van der Waals surface area contributed by atoms with Crippen LogP contribution in [0.1, 0.15) is 6.42 Å². The average molecular weight is 244 g/mol. The van der Waals surface area contributed by atoms with Crippen LogP contribution in [-0.2, 0) is 4.12 Å². The Morgan fingerprint density at radius 3 is 1.71 bits per heavy atom. The molecule has 0 saturated carbocycles. The molecular weight excluding hydrogens is 225 g/mol. The van der Waals surface area contributed by atoms with Crippen molar-refractivity contribution in [3.05, 3.63) is 0 Å². The zero-order valence-electron chi connectivity index (χ0n) is 9.46. The number of rotatable bonds is 4. The summed E-state index contributed by atoms with van der Waals surface area (Å²) in [5.41, 5.74) is 0. The zero-order chi connectivity index (χ0) is 11.6. The topological polar surface area (TPSA) is 9.23 Å². The zero-order valence-corrected chi connectivity index (χ0v) is 11.5. The predicted octanol–water partition coefficient (Wildman–Crippen LogP) is 4.00. The fourth-order valence-corrected chi connectivity index (χ4v) is 9.25. The molecule has 0 atom stereocenters. The molecule has 0 aliphatic rings. The van der Waals surface area contributed by atoms with E-state index in [2.05, 4.69) is 0 Å². The van der Waals surface area contributed by atoms with Crippen molar-refractivity contribution in [3.63, 3.8) is 0 Å². The summed E-state index contributed by atoms with van der Waals surface area (Å²) in [4.78, 5) is 0. The second-order valence-electron chi connectivity index (χ2n) is 5.09. The van der Waals surface area contributed by atoms with Gasteiger partial charge in [0.15, 0.2) is 16.6 Å². The number of hydrogen-bond donors (Lipinski definition) is 0. The molecule has 0 saturated heterocycles. The van der Waals surface area contributed by atoms with Crippen LogP contribution in [0.2, 0.25) is 38.8 Å². The molecule has 0 aromatic carbocycles. The molecule has 0 aromatic rings. The minimum Gasteiger partial charge on any atom is -0.456 e. The Morgan fingerprint density at radius 1 is 1.00 bits per heavy atom. The molecule has 0 aliphatic heterocycles. The number of hydrogen-bond acceptors (Lipinski definition) is 1. The van der Waals surface area contributed by atoms with Gasteiger partial charge in [-0.05, 0) is 38.8 Å². The highest BCUT2D eigenvalue weighted by Gasteiger charge is 2.35. The third-order valence-corrected chi connectivity index (χ3v) is 7.71.